The van der Waals surface area contributed by atoms with Crippen LogP contribution in [0.1, 0.15) is 0 Å². The normalized spacial score (nSPS) is 9.96. The molecule has 2 rings (SSSR count). The molecule has 0 spiro atoms. The van der Waals surface area contributed by atoms with Crippen LogP contribution in [0.15, 0.2) is 42.5 Å². The van der Waals surface area contributed by atoms with Gasteiger partial charge in [0.1, 0.15) is 23.9 Å². The van der Waals surface area contributed by atoms with Crippen LogP contribution in [0.2, 0.25) is 5.02 Å². The third-order valence-electron chi connectivity index (χ3n) is 3.11. The number of hydrogen-bond acceptors (Lipinski definition) is 4. The summed E-state index contributed by atoms with van der Waals surface area (Å²) in [5, 5.41) is 6.01. The van der Waals surface area contributed by atoms with Gasteiger partial charge in [0.15, 0.2) is 0 Å². The van der Waals surface area contributed by atoms with E-state index in [1.54, 1.807) is 49.6 Å². The van der Waals surface area contributed by atoms with Gasteiger partial charge in [0.2, 0.25) is 0 Å². The van der Waals surface area contributed by atoms with Gasteiger partial charge in [-0.05, 0) is 30.3 Å². The van der Waals surface area contributed by atoms with E-state index in [-0.39, 0.29) is 6.03 Å². The van der Waals surface area contributed by atoms with Gasteiger partial charge in [0.25, 0.3) is 0 Å². The largest absolute Gasteiger partial charge is 0.497 e. The predicted octanol–water partition coefficient (Wildman–Crippen LogP) is 3.56. The average Bonchev–Trinajstić information content (AvgIpc) is 2.58. The Labute approximate surface area is 145 Å². The lowest BCUT2D eigenvalue weighted by molar-refractivity contribution is 0.247. The number of ether oxygens (including phenoxy) is 3. The van der Waals surface area contributed by atoms with E-state index in [9.17, 15) is 4.79 Å². The van der Waals surface area contributed by atoms with Gasteiger partial charge >= 0.3 is 6.03 Å². The topological polar surface area (TPSA) is 68.8 Å². The summed E-state index contributed by atoms with van der Waals surface area (Å²) in [4.78, 5) is 12.0. The summed E-state index contributed by atoms with van der Waals surface area (Å²) >= 11 is 5.87. The monoisotopic (exact) mass is 350 g/mol. The summed E-state index contributed by atoms with van der Waals surface area (Å²) in [6, 6.07) is 11.9. The standard InChI is InChI=1S/C17H19ClN2O4/c1-22-13-6-7-16(23-2)15(11-13)20-17(21)19-8-9-24-14-5-3-4-12(18)10-14/h3-7,10-11H,8-9H2,1-2H3,(H2,19,20,21). The van der Waals surface area contributed by atoms with Crippen molar-refractivity contribution in [2.24, 2.45) is 0 Å². The minimum Gasteiger partial charge on any atom is -0.497 e. The molecule has 0 aliphatic carbocycles. The smallest absolute Gasteiger partial charge is 0.319 e. The molecule has 0 heterocycles. The molecule has 24 heavy (non-hydrogen) atoms. The van der Waals surface area contributed by atoms with Crippen molar-refractivity contribution in [3.8, 4) is 17.2 Å². The highest BCUT2D eigenvalue weighted by atomic mass is 35.5. The van der Waals surface area contributed by atoms with E-state index in [1.807, 2.05) is 0 Å². The number of hydrogen-bond donors (Lipinski definition) is 2. The fourth-order valence-corrected chi connectivity index (χ4v) is 2.15. The van der Waals surface area contributed by atoms with Crippen molar-refractivity contribution < 1.29 is 19.0 Å². The van der Waals surface area contributed by atoms with Crippen molar-refractivity contribution in [1.82, 2.24) is 5.32 Å². The molecular weight excluding hydrogens is 332 g/mol. The maximum absolute atomic E-state index is 12.0. The highest BCUT2D eigenvalue weighted by Gasteiger charge is 2.08. The maximum Gasteiger partial charge on any atom is 0.319 e. The number of carbonyl (C=O) groups is 1. The minimum atomic E-state index is -0.365. The second-order valence-corrected chi connectivity index (χ2v) is 5.19. The average molecular weight is 351 g/mol. The molecule has 0 aliphatic rings. The maximum atomic E-state index is 12.0. The molecule has 0 aliphatic heterocycles. The fourth-order valence-electron chi connectivity index (χ4n) is 1.97. The first kappa shape index (κ1) is 17.7. The van der Waals surface area contributed by atoms with Gasteiger partial charge in [0.05, 0.1) is 26.5 Å². The lowest BCUT2D eigenvalue weighted by Crippen LogP contribution is -2.32. The van der Waals surface area contributed by atoms with Crippen LogP contribution >= 0.6 is 11.6 Å². The summed E-state index contributed by atoms with van der Waals surface area (Å²) in [7, 11) is 3.09. The highest BCUT2D eigenvalue weighted by Crippen LogP contribution is 2.28. The second kappa shape index (κ2) is 8.88. The van der Waals surface area contributed by atoms with Crippen LogP contribution in [-0.2, 0) is 0 Å². The molecule has 0 fully saturated rings. The molecule has 0 saturated carbocycles. The Bertz CT molecular complexity index is 694. The zero-order chi connectivity index (χ0) is 17.4. The number of rotatable bonds is 7. The van der Waals surface area contributed by atoms with E-state index < -0.39 is 0 Å². The zero-order valence-electron chi connectivity index (χ0n) is 13.5. The molecule has 2 N–H and O–H groups in total. The quantitative estimate of drug-likeness (QED) is 0.749. The Kier molecular flexibility index (Phi) is 6.57. The number of nitrogens with one attached hydrogen (secondary N) is 2. The summed E-state index contributed by atoms with van der Waals surface area (Å²) in [6.45, 7) is 0.660. The Morgan fingerprint density at radius 2 is 1.92 bits per heavy atom. The van der Waals surface area contributed by atoms with Gasteiger partial charge in [-0.2, -0.15) is 0 Å². The minimum absolute atomic E-state index is 0.322. The van der Waals surface area contributed by atoms with E-state index in [0.717, 1.165) is 0 Å². The van der Waals surface area contributed by atoms with Crippen molar-refractivity contribution in [1.29, 1.82) is 0 Å². The van der Waals surface area contributed by atoms with E-state index in [2.05, 4.69) is 10.6 Å². The second-order valence-electron chi connectivity index (χ2n) is 4.75. The molecule has 2 amide bonds. The van der Waals surface area contributed by atoms with Gasteiger partial charge in [-0.3, -0.25) is 0 Å². The van der Waals surface area contributed by atoms with Crippen LogP contribution in [0.5, 0.6) is 17.2 Å². The first-order valence-electron chi connectivity index (χ1n) is 7.27. The third-order valence-corrected chi connectivity index (χ3v) is 3.34. The number of methoxy groups -OCH3 is 2. The predicted molar refractivity (Wildman–Crippen MR) is 93.5 cm³/mol. The Hall–Kier alpha value is -2.60. The van der Waals surface area contributed by atoms with Crippen LogP contribution in [-0.4, -0.2) is 33.4 Å². The first-order valence-corrected chi connectivity index (χ1v) is 7.65. The molecule has 6 nitrogen and oxygen atoms in total. The van der Waals surface area contributed by atoms with Crippen LogP contribution < -0.4 is 24.8 Å². The molecule has 0 atom stereocenters. The molecule has 7 heteroatoms. The van der Waals surface area contributed by atoms with Crippen molar-refractivity contribution in [3.05, 3.63) is 47.5 Å². The molecular formula is C17H19ClN2O4. The molecule has 0 radical (unpaired) electrons. The zero-order valence-corrected chi connectivity index (χ0v) is 14.2. The first-order chi connectivity index (χ1) is 11.6. The van der Waals surface area contributed by atoms with Crippen molar-refractivity contribution in [2.45, 2.75) is 0 Å². The van der Waals surface area contributed by atoms with E-state index in [0.29, 0.717) is 41.1 Å². The third kappa shape index (κ3) is 5.24. The fraction of sp³-hybridized carbons (Fsp3) is 0.235. The molecule has 0 aromatic heterocycles. The van der Waals surface area contributed by atoms with Gasteiger partial charge in [-0.25, -0.2) is 4.79 Å². The van der Waals surface area contributed by atoms with Crippen molar-refractivity contribution in [3.63, 3.8) is 0 Å². The van der Waals surface area contributed by atoms with E-state index in [1.165, 1.54) is 7.11 Å². The van der Waals surface area contributed by atoms with Crippen molar-refractivity contribution in [2.75, 3.05) is 32.7 Å². The van der Waals surface area contributed by atoms with Crippen LogP contribution in [0, 0.1) is 0 Å². The molecule has 0 bridgehead atoms. The Morgan fingerprint density at radius 1 is 1.08 bits per heavy atom. The number of halogens is 1. The number of amides is 2. The summed E-state index contributed by atoms with van der Waals surface area (Å²) in [5.74, 6) is 1.82. The number of carbonyl (C=O) groups excluding carboxylic acids is 1. The van der Waals surface area contributed by atoms with Gasteiger partial charge in [-0.15, -0.1) is 0 Å². The van der Waals surface area contributed by atoms with E-state index in [4.69, 9.17) is 25.8 Å². The van der Waals surface area contributed by atoms with Crippen LogP contribution in [0.4, 0.5) is 10.5 Å². The molecule has 0 saturated heterocycles. The van der Waals surface area contributed by atoms with Crippen molar-refractivity contribution >= 4 is 23.3 Å². The SMILES string of the molecule is COc1ccc(OC)c(NC(=O)NCCOc2cccc(Cl)c2)c1. The van der Waals surface area contributed by atoms with Gasteiger partial charge < -0.3 is 24.8 Å². The Morgan fingerprint density at radius 3 is 2.62 bits per heavy atom. The number of urea groups is 1. The number of anilines is 1. The highest BCUT2D eigenvalue weighted by molar-refractivity contribution is 6.30. The van der Waals surface area contributed by atoms with Gasteiger partial charge in [-0.1, -0.05) is 17.7 Å². The summed E-state index contributed by atoms with van der Waals surface area (Å²) in [6.07, 6.45) is 0. The molecule has 2 aromatic rings. The molecule has 2 aromatic carbocycles. The summed E-state index contributed by atoms with van der Waals surface area (Å²) < 4.78 is 15.8. The summed E-state index contributed by atoms with van der Waals surface area (Å²) in [5.41, 5.74) is 0.519. The van der Waals surface area contributed by atoms with Crippen LogP contribution in [0.25, 0.3) is 0 Å². The molecule has 0 unspecified atom stereocenters. The lowest BCUT2D eigenvalue weighted by atomic mass is 10.2. The van der Waals surface area contributed by atoms with Gasteiger partial charge in [0, 0.05) is 11.1 Å². The lowest BCUT2D eigenvalue weighted by Gasteiger charge is -2.13. The molecule has 128 valence electrons. The Balaban J connectivity index is 1.81. The van der Waals surface area contributed by atoms with E-state index >= 15 is 0 Å². The van der Waals surface area contributed by atoms with Crippen LogP contribution in [0.3, 0.4) is 0 Å². The number of benzene rings is 2.